The van der Waals surface area contributed by atoms with Gasteiger partial charge in [0.15, 0.2) is 24.7 Å². The molecule has 0 amide bonds. The third-order valence-electron chi connectivity index (χ3n) is 2.33. The second-order valence-corrected chi connectivity index (χ2v) is 3.82. The molecule has 98 valence electrons. The topological polar surface area (TPSA) is 82.1 Å². The van der Waals surface area contributed by atoms with Crippen LogP contribution < -0.4 is 0 Å². The summed E-state index contributed by atoms with van der Waals surface area (Å²) in [6.07, 6.45) is -6.93. The lowest BCUT2D eigenvalue weighted by molar-refractivity contribution is -0.273. The predicted molar refractivity (Wildman–Crippen MR) is 52.6 cm³/mol. The fourth-order valence-corrected chi connectivity index (χ4v) is 1.65. The van der Waals surface area contributed by atoms with Gasteiger partial charge in [-0.3, -0.25) is 9.59 Å². The quantitative estimate of drug-likeness (QED) is 0.690. The molecule has 7 heteroatoms. The fraction of sp³-hybridized carbons (Fsp3) is 0.800. The summed E-state index contributed by atoms with van der Waals surface area (Å²) in [5.74, 6) is -1.43. The molecule has 1 fully saturated rings. The van der Waals surface area contributed by atoms with Crippen molar-refractivity contribution in [1.29, 1.82) is 0 Å². The summed E-state index contributed by atoms with van der Waals surface area (Å²) in [4.78, 5) is 21.5. The van der Waals surface area contributed by atoms with Gasteiger partial charge < -0.3 is 19.3 Å². The summed E-state index contributed by atoms with van der Waals surface area (Å²) in [5, 5.41) is 9.43. The Morgan fingerprint density at radius 1 is 1.18 bits per heavy atom. The molecule has 1 heterocycles. The lowest BCUT2D eigenvalue weighted by atomic mass is 10.0. The number of rotatable bonds is 2. The van der Waals surface area contributed by atoms with Crippen LogP contribution in [0, 0.1) is 0 Å². The van der Waals surface area contributed by atoms with Gasteiger partial charge in [-0.1, -0.05) is 0 Å². The highest BCUT2D eigenvalue weighted by molar-refractivity contribution is 5.67. The van der Waals surface area contributed by atoms with Crippen molar-refractivity contribution in [2.45, 2.75) is 51.5 Å². The molecule has 0 radical (unpaired) electrons. The van der Waals surface area contributed by atoms with E-state index in [-0.39, 0.29) is 0 Å². The van der Waals surface area contributed by atoms with Crippen LogP contribution >= 0.6 is 0 Å². The molecule has 0 aromatic heterocycles. The van der Waals surface area contributed by atoms with E-state index in [1.807, 2.05) is 0 Å². The summed E-state index contributed by atoms with van der Waals surface area (Å²) < 4.78 is 28.2. The van der Waals surface area contributed by atoms with E-state index < -0.39 is 42.7 Å². The Bertz CT molecular complexity index is 279. The Morgan fingerprint density at radius 2 is 1.65 bits per heavy atom. The summed E-state index contributed by atoms with van der Waals surface area (Å²) in [6, 6.07) is 0. The van der Waals surface area contributed by atoms with Crippen LogP contribution in [0.25, 0.3) is 0 Å². The molecule has 1 aliphatic rings. The van der Waals surface area contributed by atoms with Gasteiger partial charge in [-0.2, -0.15) is 0 Å². The van der Waals surface area contributed by atoms with Gasteiger partial charge in [0.05, 0.1) is 6.10 Å². The van der Waals surface area contributed by atoms with Crippen LogP contribution in [-0.2, 0) is 23.8 Å². The van der Waals surface area contributed by atoms with Crippen LogP contribution in [0.3, 0.4) is 0 Å². The normalized spacial score (nSPS) is 37.4. The predicted octanol–water partition coefficient (Wildman–Crippen LogP) is -0.0750. The number of esters is 2. The molecule has 5 atom stereocenters. The Balaban J connectivity index is 2.78. The van der Waals surface area contributed by atoms with Crippen molar-refractivity contribution >= 4 is 11.9 Å². The molecule has 1 saturated heterocycles. The van der Waals surface area contributed by atoms with Gasteiger partial charge in [-0.05, 0) is 6.92 Å². The molecular formula is C10H15FO6. The smallest absolute Gasteiger partial charge is 0.303 e. The Hall–Kier alpha value is -1.21. The molecular weight excluding hydrogens is 235 g/mol. The van der Waals surface area contributed by atoms with Gasteiger partial charge in [-0.25, -0.2) is 4.39 Å². The molecule has 1 aliphatic heterocycles. The number of hydrogen-bond donors (Lipinski definition) is 1. The molecule has 0 bridgehead atoms. The summed E-state index contributed by atoms with van der Waals surface area (Å²) >= 11 is 0. The van der Waals surface area contributed by atoms with Crippen LogP contribution in [0.1, 0.15) is 20.8 Å². The van der Waals surface area contributed by atoms with Crippen molar-refractivity contribution in [1.82, 2.24) is 0 Å². The molecule has 1 N–H and O–H groups in total. The highest BCUT2D eigenvalue weighted by atomic mass is 19.1. The lowest BCUT2D eigenvalue weighted by Gasteiger charge is -2.38. The van der Waals surface area contributed by atoms with E-state index in [0.717, 1.165) is 13.8 Å². The largest absolute Gasteiger partial charge is 0.457 e. The van der Waals surface area contributed by atoms with Crippen LogP contribution in [0.2, 0.25) is 0 Å². The van der Waals surface area contributed by atoms with Gasteiger partial charge in [0.1, 0.15) is 0 Å². The molecule has 0 aromatic rings. The maximum atomic E-state index is 13.9. The van der Waals surface area contributed by atoms with E-state index >= 15 is 0 Å². The summed E-state index contributed by atoms with van der Waals surface area (Å²) in [6.45, 7) is 3.66. The monoisotopic (exact) mass is 250 g/mol. The van der Waals surface area contributed by atoms with Gasteiger partial charge in [0.2, 0.25) is 0 Å². The number of halogens is 1. The number of aliphatic hydroxyl groups is 1. The zero-order valence-corrected chi connectivity index (χ0v) is 9.75. The summed E-state index contributed by atoms with van der Waals surface area (Å²) in [7, 11) is 0. The minimum atomic E-state index is -1.83. The van der Waals surface area contributed by atoms with Crippen molar-refractivity contribution in [2.24, 2.45) is 0 Å². The van der Waals surface area contributed by atoms with Crippen molar-refractivity contribution in [3.63, 3.8) is 0 Å². The fourth-order valence-electron chi connectivity index (χ4n) is 1.65. The Labute approximate surface area is 97.6 Å². The molecule has 6 nitrogen and oxygen atoms in total. The molecule has 1 unspecified atom stereocenters. The summed E-state index contributed by atoms with van der Waals surface area (Å²) in [5.41, 5.74) is 0. The number of hydrogen-bond acceptors (Lipinski definition) is 6. The Morgan fingerprint density at radius 3 is 2.12 bits per heavy atom. The van der Waals surface area contributed by atoms with Gasteiger partial charge in [-0.15, -0.1) is 0 Å². The van der Waals surface area contributed by atoms with E-state index in [1.54, 1.807) is 0 Å². The zero-order chi connectivity index (χ0) is 13.2. The SMILES string of the molecule is CC(=O)O[C@@H]1[C@@H](F)[C@@H](OC(C)=O)C(O)O[C@H]1C. The van der Waals surface area contributed by atoms with Gasteiger partial charge in [0.25, 0.3) is 0 Å². The van der Waals surface area contributed by atoms with Gasteiger partial charge in [0, 0.05) is 13.8 Å². The lowest BCUT2D eigenvalue weighted by Crippen LogP contribution is -2.57. The van der Waals surface area contributed by atoms with E-state index in [1.165, 1.54) is 6.92 Å². The third-order valence-corrected chi connectivity index (χ3v) is 2.33. The number of carbonyl (C=O) groups excluding carboxylic acids is 2. The minimum Gasteiger partial charge on any atom is -0.457 e. The number of aliphatic hydroxyl groups excluding tert-OH is 1. The van der Waals surface area contributed by atoms with E-state index in [2.05, 4.69) is 4.74 Å². The molecule has 0 aliphatic carbocycles. The van der Waals surface area contributed by atoms with E-state index in [0.29, 0.717) is 0 Å². The van der Waals surface area contributed by atoms with Crippen LogP contribution in [0.4, 0.5) is 4.39 Å². The highest BCUT2D eigenvalue weighted by Gasteiger charge is 2.48. The maximum absolute atomic E-state index is 13.9. The first-order valence-corrected chi connectivity index (χ1v) is 5.15. The average molecular weight is 250 g/mol. The van der Waals surface area contributed by atoms with Crippen molar-refractivity contribution in [3.05, 3.63) is 0 Å². The number of alkyl halides is 1. The van der Waals surface area contributed by atoms with Crippen molar-refractivity contribution < 1.29 is 33.3 Å². The first-order valence-electron chi connectivity index (χ1n) is 5.15. The second-order valence-electron chi connectivity index (χ2n) is 3.82. The van der Waals surface area contributed by atoms with E-state index in [4.69, 9.17) is 9.47 Å². The minimum absolute atomic E-state index is 0.675. The zero-order valence-electron chi connectivity index (χ0n) is 9.75. The average Bonchev–Trinajstić information content (AvgIpc) is 2.18. The highest BCUT2D eigenvalue weighted by Crippen LogP contribution is 2.27. The first-order chi connectivity index (χ1) is 7.82. The van der Waals surface area contributed by atoms with Crippen molar-refractivity contribution in [3.8, 4) is 0 Å². The van der Waals surface area contributed by atoms with Crippen LogP contribution in [-0.4, -0.2) is 47.8 Å². The van der Waals surface area contributed by atoms with Crippen LogP contribution in [0.5, 0.6) is 0 Å². The molecule has 0 saturated carbocycles. The third kappa shape index (κ3) is 3.37. The van der Waals surface area contributed by atoms with Gasteiger partial charge >= 0.3 is 11.9 Å². The molecule has 0 spiro atoms. The first kappa shape index (κ1) is 13.9. The number of carbonyl (C=O) groups is 2. The standard InChI is InChI=1S/C10H15FO6/c1-4-8(16-5(2)12)7(11)9(10(14)15-4)17-6(3)13/h4,7-10,14H,1-3H3/t4-,7+,8-,9+,10?/m0/s1. The molecule has 1 rings (SSSR count). The molecule has 0 aromatic carbocycles. The van der Waals surface area contributed by atoms with E-state index in [9.17, 15) is 19.1 Å². The second kappa shape index (κ2) is 5.42. The van der Waals surface area contributed by atoms with Crippen molar-refractivity contribution in [2.75, 3.05) is 0 Å². The number of ether oxygens (including phenoxy) is 3. The van der Waals surface area contributed by atoms with Crippen LogP contribution in [0.15, 0.2) is 0 Å². The Kier molecular flexibility index (Phi) is 4.41. The molecule has 17 heavy (non-hydrogen) atoms. The maximum Gasteiger partial charge on any atom is 0.303 e.